The van der Waals surface area contributed by atoms with Crippen LogP contribution in [-0.2, 0) is 6.54 Å². The Morgan fingerprint density at radius 3 is 3.00 bits per heavy atom. The number of nitrogens with zero attached hydrogens (tertiary/aromatic N) is 2. The van der Waals surface area contributed by atoms with Crippen LogP contribution >= 0.6 is 27.5 Å². The van der Waals surface area contributed by atoms with Gasteiger partial charge in [-0.15, -0.1) is 0 Å². The molecule has 2 heterocycles. The van der Waals surface area contributed by atoms with Crippen molar-refractivity contribution in [3.63, 3.8) is 0 Å². The molecule has 1 N–H and O–H groups in total. The molecule has 1 aromatic carbocycles. The molecule has 0 aliphatic carbocycles. The van der Waals surface area contributed by atoms with Gasteiger partial charge in [-0.2, -0.15) is 0 Å². The van der Waals surface area contributed by atoms with E-state index in [-0.39, 0.29) is 0 Å². The van der Waals surface area contributed by atoms with Crippen LogP contribution in [0.4, 0.5) is 5.69 Å². The molecule has 3 nitrogen and oxygen atoms in total. The number of halogens is 2. The number of nitrogens with one attached hydrogen (secondary N) is 1. The van der Waals surface area contributed by atoms with Crippen molar-refractivity contribution in [2.75, 3.05) is 5.32 Å². The van der Waals surface area contributed by atoms with E-state index in [2.05, 4.69) is 30.6 Å². The molecule has 0 radical (unpaired) electrons. The Morgan fingerprint density at radius 2 is 2.15 bits per heavy atom. The summed E-state index contributed by atoms with van der Waals surface area (Å²) in [5.74, 6) is 0. The smallest absolute Gasteiger partial charge is 0.137 e. The minimum Gasteiger partial charge on any atom is -0.378 e. The maximum atomic E-state index is 6.03. The molecule has 0 aliphatic heterocycles. The van der Waals surface area contributed by atoms with Gasteiger partial charge in [0, 0.05) is 15.7 Å². The van der Waals surface area contributed by atoms with Crippen LogP contribution in [0.1, 0.15) is 11.4 Å². The van der Waals surface area contributed by atoms with E-state index in [9.17, 15) is 0 Å². The number of benzene rings is 1. The first kappa shape index (κ1) is 13.5. The predicted molar refractivity (Wildman–Crippen MR) is 86.4 cm³/mol. The van der Waals surface area contributed by atoms with Crippen molar-refractivity contribution in [2.45, 2.75) is 13.5 Å². The molecule has 0 spiro atoms. The molecule has 0 unspecified atom stereocenters. The second kappa shape index (κ2) is 5.46. The lowest BCUT2D eigenvalue weighted by Crippen LogP contribution is -2.04. The molecular weight excluding hydrogens is 338 g/mol. The molecule has 0 amide bonds. The van der Waals surface area contributed by atoms with Gasteiger partial charge in [0.15, 0.2) is 0 Å². The van der Waals surface area contributed by atoms with Gasteiger partial charge in [-0.05, 0) is 53.2 Å². The van der Waals surface area contributed by atoms with Crippen LogP contribution < -0.4 is 5.32 Å². The lowest BCUT2D eigenvalue weighted by atomic mass is 10.3. The maximum absolute atomic E-state index is 6.03. The maximum Gasteiger partial charge on any atom is 0.137 e. The molecular formula is C15H13BrClN3. The highest BCUT2D eigenvalue weighted by molar-refractivity contribution is 9.10. The molecule has 0 saturated heterocycles. The SMILES string of the molecule is Cc1nc2ccccn2c1CNc1cc(Cl)ccc1Br. The van der Waals surface area contributed by atoms with Gasteiger partial charge in [-0.1, -0.05) is 17.7 Å². The summed E-state index contributed by atoms with van der Waals surface area (Å²) in [6, 6.07) is 11.7. The number of fused-ring (bicyclic) bond motifs is 1. The molecule has 20 heavy (non-hydrogen) atoms. The number of rotatable bonds is 3. The predicted octanol–water partition coefficient (Wildman–Crippen LogP) is 4.67. The summed E-state index contributed by atoms with van der Waals surface area (Å²) in [4.78, 5) is 4.55. The summed E-state index contributed by atoms with van der Waals surface area (Å²) < 4.78 is 3.09. The number of hydrogen-bond acceptors (Lipinski definition) is 2. The van der Waals surface area contributed by atoms with E-state index in [1.807, 2.05) is 49.5 Å². The van der Waals surface area contributed by atoms with Gasteiger partial charge < -0.3 is 9.72 Å². The standard InChI is InChI=1S/C15H13BrClN3/c1-10-14(20-7-3-2-4-15(20)19-10)9-18-13-8-11(17)5-6-12(13)16/h2-8,18H,9H2,1H3. The van der Waals surface area contributed by atoms with Crippen molar-refractivity contribution in [1.82, 2.24) is 9.38 Å². The molecule has 0 fully saturated rings. The molecule has 0 saturated carbocycles. The third kappa shape index (κ3) is 2.53. The fourth-order valence-electron chi connectivity index (χ4n) is 2.19. The topological polar surface area (TPSA) is 29.3 Å². The van der Waals surface area contributed by atoms with Gasteiger partial charge >= 0.3 is 0 Å². The molecule has 0 aliphatic rings. The van der Waals surface area contributed by atoms with Crippen LogP contribution in [0.15, 0.2) is 47.1 Å². The van der Waals surface area contributed by atoms with Crippen molar-refractivity contribution in [3.8, 4) is 0 Å². The third-order valence-corrected chi connectivity index (χ3v) is 4.13. The van der Waals surface area contributed by atoms with Crippen LogP contribution in [0, 0.1) is 6.92 Å². The van der Waals surface area contributed by atoms with Crippen molar-refractivity contribution >= 4 is 38.9 Å². The number of anilines is 1. The number of pyridine rings is 1. The van der Waals surface area contributed by atoms with Gasteiger partial charge in [0.1, 0.15) is 5.65 Å². The summed E-state index contributed by atoms with van der Waals surface area (Å²) in [6.07, 6.45) is 2.03. The summed E-state index contributed by atoms with van der Waals surface area (Å²) in [7, 11) is 0. The highest BCUT2D eigenvalue weighted by Gasteiger charge is 2.08. The van der Waals surface area contributed by atoms with E-state index in [1.165, 1.54) is 0 Å². The molecule has 3 rings (SSSR count). The van der Waals surface area contributed by atoms with Gasteiger partial charge in [-0.25, -0.2) is 4.98 Å². The van der Waals surface area contributed by atoms with E-state index in [4.69, 9.17) is 11.6 Å². The zero-order valence-corrected chi connectivity index (χ0v) is 13.2. The van der Waals surface area contributed by atoms with Crippen molar-refractivity contribution in [1.29, 1.82) is 0 Å². The van der Waals surface area contributed by atoms with Crippen LogP contribution in [0.2, 0.25) is 5.02 Å². The Labute approximate surface area is 130 Å². The Hall–Kier alpha value is -1.52. The minimum atomic E-state index is 0.690. The van der Waals surface area contributed by atoms with Crippen LogP contribution in [0.5, 0.6) is 0 Å². The molecule has 102 valence electrons. The van der Waals surface area contributed by atoms with Crippen molar-refractivity contribution in [3.05, 3.63) is 63.5 Å². The van der Waals surface area contributed by atoms with Crippen LogP contribution in [-0.4, -0.2) is 9.38 Å². The number of hydrogen-bond donors (Lipinski definition) is 1. The van der Waals surface area contributed by atoms with Gasteiger partial charge in [0.05, 0.1) is 23.6 Å². The largest absolute Gasteiger partial charge is 0.378 e. The summed E-state index contributed by atoms with van der Waals surface area (Å²) in [6.45, 7) is 2.72. The van der Waals surface area contributed by atoms with E-state index in [0.717, 1.165) is 27.2 Å². The fourth-order valence-corrected chi connectivity index (χ4v) is 2.75. The van der Waals surface area contributed by atoms with Crippen molar-refractivity contribution in [2.24, 2.45) is 0 Å². The van der Waals surface area contributed by atoms with E-state index in [1.54, 1.807) is 0 Å². The number of aryl methyl sites for hydroxylation is 1. The van der Waals surface area contributed by atoms with Gasteiger partial charge in [0.25, 0.3) is 0 Å². The molecule has 3 aromatic rings. The molecule has 0 bridgehead atoms. The number of aromatic nitrogens is 2. The van der Waals surface area contributed by atoms with E-state index >= 15 is 0 Å². The molecule has 5 heteroatoms. The molecule has 0 atom stereocenters. The molecule has 2 aromatic heterocycles. The first-order chi connectivity index (χ1) is 9.65. The minimum absolute atomic E-state index is 0.690. The highest BCUT2D eigenvalue weighted by Crippen LogP contribution is 2.26. The highest BCUT2D eigenvalue weighted by atomic mass is 79.9. The Kier molecular flexibility index (Phi) is 3.68. The van der Waals surface area contributed by atoms with Gasteiger partial charge in [0.2, 0.25) is 0 Å². The Morgan fingerprint density at radius 1 is 1.30 bits per heavy atom. The average molecular weight is 351 g/mol. The van der Waals surface area contributed by atoms with Crippen LogP contribution in [0.25, 0.3) is 5.65 Å². The fraction of sp³-hybridized carbons (Fsp3) is 0.133. The number of imidazole rings is 1. The quantitative estimate of drug-likeness (QED) is 0.743. The lowest BCUT2D eigenvalue weighted by Gasteiger charge is -2.09. The zero-order chi connectivity index (χ0) is 14.1. The normalized spacial score (nSPS) is 10.9. The monoisotopic (exact) mass is 349 g/mol. The van der Waals surface area contributed by atoms with E-state index < -0.39 is 0 Å². The van der Waals surface area contributed by atoms with E-state index in [0.29, 0.717) is 11.6 Å². The lowest BCUT2D eigenvalue weighted by molar-refractivity contribution is 0.986. The van der Waals surface area contributed by atoms with Crippen LogP contribution in [0.3, 0.4) is 0 Å². The summed E-state index contributed by atoms with van der Waals surface area (Å²) >= 11 is 9.54. The second-order valence-corrected chi connectivity index (χ2v) is 5.84. The first-order valence-electron chi connectivity index (χ1n) is 6.26. The zero-order valence-electron chi connectivity index (χ0n) is 10.9. The first-order valence-corrected chi connectivity index (χ1v) is 7.44. The average Bonchev–Trinajstić information content (AvgIpc) is 2.75. The van der Waals surface area contributed by atoms with Gasteiger partial charge in [-0.3, -0.25) is 0 Å². The summed E-state index contributed by atoms with van der Waals surface area (Å²) in [5, 5.41) is 4.11. The Bertz CT molecular complexity index is 767. The third-order valence-electron chi connectivity index (χ3n) is 3.20. The second-order valence-electron chi connectivity index (χ2n) is 4.55. The summed E-state index contributed by atoms with van der Waals surface area (Å²) in [5.41, 5.74) is 4.11. The van der Waals surface area contributed by atoms with Crippen molar-refractivity contribution < 1.29 is 0 Å². The Balaban J connectivity index is 1.90.